The van der Waals surface area contributed by atoms with Gasteiger partial charge in [0, 0.05) is 66.6 Å². The molecule has 0 amide bonds. The van der Waals surface area contributed by atoms with Crippen molar-refractivity contribution in [3.63, 3.8) is 0 Å². The maximum absolute atomic E-state index is 12.1. The van der Waals surface area contributed by atoms with Crippen LogP contribution >= 0.6 is 15.2 Å². The van der Waals surface area contributed by atoms with E-state index in [0.29, 0.717) is 30.5 Å². The van der Waals surface area contributed by atoms with Crippen molar-refractivity contribution in [1.29, 1.82) is 0 Å². The average molecular weight is 732 g/mol. The number of unbranched alkanes of at least 4 members (excludes halogenated alkanes) is 1. The summed E-state index contributed by atoms with van der Waals surface area (Å²) in [6, 6.07) is 10.8. The van der Waals surface area contributed by atoms with E-state index in [9.17, 15) is 44.0 Å². The van der Waals surface area contributed by atoms with Crippen LogP contribution in [0.4, 0.5) is 0 Å². The summed E-state index contributed by atoms with van der Waals surface area (Å²) < 4.78 is 24.2. The summed E-state index contributed by atoms with van der Waals surface area (Å²) in [5, 5.41) is 46.2. The van der Waals surface area contributed by atoms with Crippen LogP contribution in [-0.2, 0) is 39.3 Å². The van der Waals surface area contributed by atoms with Crippen molar-refractivity contribution in [3.05, 3.63) is 59.7 Å². The standard InChI is InChI=1S/C23H37N3O9P2.2C2H6O.Fe.Na/c24-12-6-5-9-20(25(16-36(30,31)32)13-18-7-1-3-10-22(18)28)21(15-27)26(17-37(33,34)35)14-19-8-2-4-11-23(19)29;2*1-2-3;;/h1-4,7-8,10-11,20-21,27-29H,5-6,9,12-17,24H2,(H2,30,31,32)(H2,33,34,35);2*3H,2H2,1H3;;/q;;;;+1. The Bertz CT molecular complexity index is 1130. The monoisotopic (exact) mass is 732 g/mol. The molecule has 0 aliphatic rings. The summed E-state index contributed by atoms with van der Waals surface area (Å²) in [6.07, 6.45) is -0.108. The molecule has 256 valence electrons. The van der Waals surface area contributed by atoms with Gasteiger partial charge in [0.05, 0.1) is 6.61 Å². The molecule has 18 heteroatoms. The topological polar surface area (TPSA) is 249 Å². The number of rotatable bonds is 16. The van der Waals surface area contributed by atoms with Gasteiger partial charge in [-0.3, -0.25) is 18.9 Å². The van der Waals surface area contributed by atoms with Crippen molar-refractivity contribution >= 4 is 15.2 Å². The molecule has 2 rings (SSSR count). The predicted molar refractivity (Wildman–Crippen MR) is 164 cm³/mol. The van der Waals surface area contributed by atoms with E-state index in [1.165, 1.54) is 21.9 Å². The first-order chi connectivity index (χ1) is 20.2. The molecular weight excluding hydrogens is 683 g/mol. The number of phenolic OH excluding ortho intramolecular Hbond substituents is 2. The van der Waals surface area contributed by atoms with Crippen molar-refractivity contribution in [2.24, 2.45) is 5.73 Å². The Morgan fingerprint density at radius 1 is 0.711 bits per heavy atom. The van der Waals surface area contributed by atoms with Gasteiger partial charge < -0.3 is 50.8 Å². The van der Waals surface area contributed by atoms with E-state index < -0.39 is 46.5 Å². The van der Waals surface area contributed by atoms with E-state index in [1.54, 1.807) is 50.2 Å². The molecule has 2 aromatic carbocycles. The van der Waals surface area contributed by atoms with Crippen LogP contribution in [0, 0.1) is 0 Å². The van der Waals surface area contributed by atoms with Gasteiger partial charge in [-0.25, -0.2) is 0 Å². The number of aliphatic hydroxyl groups is 3. The first-order valence-electron chi connectivity index (χ1n) is 13.8. The predicted octanol–water partition coefficient (Wildman–Crippen LogP) is -1.47. The maximum Gasteiger partial charge on any atom is 1.00 e. The zero-order valence-electron chi connectivity index (χ0n) is 26.1. The number of aliphatic hydroxyl groups excluding tert-OH is 3. The van der Waals surface area contributed by atoms with Crippen LogP contribution in [0.1, 0.15) is 44.2 Å². The van der Waals surface area contributed by atoms with Crippen molar-refractivity contribution < 1.29 is 101 Å². The molecule has 0 aliphatic carbocycles. The molecule has 0 bridgehead atoms. The second kappa shape index (κ2) is 26.6. The first-order valence-corrected chi connectivity index (χ1v) is 17.4. The largest absolute Gasteiger partial charge is 1.00 e. The van der Waals surface area contributed by atoms with Gasteiger partial charge in [-0.1, -0.05) is 42.8 Å². The molecule has 2 aromatic rings. The van der Waals surface area contributed by atoms with Gasteiger partial charge in [0.15, 0.2) is 0 Å². The van der Waals surface area contributed by atoms with Crippen LogP contribution in [0.2, 0.25) is 0 Å². The minimum Gasteiger partial charge on any atom is -0.508 e. The number of nitrogens with two attached hydrogens (primary N) is 1. The van der Waals surface area contributed by atoms with E-state index >= 15 is 0 Å². The van der Waals surface area contributed by atoms with Gasteiger partial charge in [-0.15, -0.1) is 0 Å². The van der Waals surface area contributed by atoms with Gasteiger partial charge >= 0.3 is 44.7 Å². The zero-order chi connectivity index (χ0) is 33.1. The molecule has 0 saturated carbocycles. The Kier molecular flexibility index (Phi) is 28.9. The molecule has 0 saturated heterocycles. The van der Waals surface area contributed by atoms with Crippen LogP contribution in [0.15, 0.2) is 48.5 Å². The van der Waals surface area contributed by atoms with E-state index in [2.05, 4.69) is 0 Å². The number of hydrogen-bond acceptors (Lipinski definition) is 10. The van der Waals surface area contributed by atoms with Crippen molar-refractivity contribution in [3.8, 4) is 11.5 Å². The number of para-hydroxylation sites is 2. The third-order valence-electron chi connectivity index (χ3n) is 5.99. The van der Waals surface area contributed by atoms with Gasteiger partial charge in [-0.05, 0) is 45.4 Å². The smallest absolute Gasteiger partial charge is 0.508 e. The summed E-state index contributed by atoms with van der Waals surface area (Å²) in [5.41, 5.74) is 6.39. The van der Waals surface area contributed by atoms with Crippen LogP contribution in [0.25, 0.3) is 0 Å². The van der Waals surface area contributed by atoms with Crippen molar-refractivity contribution in [2.45, 2.75) is 58.3 Å². The fraction of sp³-hybridized carbons (Fsp3) is 0.556. The fourth-order valence-corrected chi connectivity index (χ4v) is 5.91. The summed E-state index contributed by atoms with van der Waals surface area (Å²) in [5.74, 6) is -0.184. The maximum atomic E-state index is 12.1. The van der Waals surface area contributed by atoms with Crippen LogP contribution < -0.4 is 35.3 Å². The molecular formula is C27H49FeN3NaO11P2+. The Morgan fingerprint density at radius 2 is 1.07 bits per heavy atom. The van der Waals surface area contributed by atoms with Crippen LogP contribution in [0.3, 0.4) is 0 Å². The number of aromatic hydroxyl groups is 2. The van der Waals surface area contributed by atoms with Crippen molar-refractivity contribution in [2.75, 3.05) is 38.9 Å². The number of nitrogens with zero attached hydrogens (tertiary/aromatic N) is 2. The molecule has 0 spiro atoms. The van der Waals surface area contributed by atoms with E-state index in [4.69, 9.17) is 15.9 Å². The van der Waals surface area contributed by atoms with Gasteiger partial charge in [0.25, 0.3) is 0 Å². The molecule has 0 fully saturated rings. The van der Waals surface area contributed by atoms with Crippen molar-refractivity contribution in [1.82, 2.24) is 9.80 Å². The van der Waals surface area contributed by atoms with Crippen LogP contribution in [-0.4, -0.2) is 106 Å². The second-order valence-electron chi connectivity index (χ2n) is 9.60. The second-order valence-corrected chi connectivity index (χ2v) is 12.8. The van der Waals surface area contributed by atoms with E-state index in [1.807, 2.05) is 0 Å². The molecule has 45 heavy (non-hydrogen) atoms. The minimum absolute atomic E-state index is 0. The summed E-state index contributed by atoms with van der Waals surface area (Å²) >= 11 is 0. The molecule has 0 radical (unpaired) electrons. The van der Waals surface area contributed by atoms with E-state index in [-0.39, 0.29) is 90.8 Å². The SMILES string of the molecule is CCO.CCO.NCCCCC(C(CO)N(Cc1ccccc1O)CP(=O)(O)O)N(Cc1ccccc1O)CP(=O)(O)O.[Fe].[Na+]. The van der Waals surface area contributed by atoms with Gasteiger partial charge in [0.2, 0.25) is 0 Å². The third-order valence-corrected chi connectivity index (χ3v) is 7.45. The summed E-state index contributed by atoms with van der Waals surface area (Å²) in [6.45, 7) is 3.39. The number of benzene rings is 2. The van der Waals surface area contributed by atoms with Gasteiger partial charge in [-0.2, -0.15) is 0 Å². The van der Waals surface area contributed by atoms with E-state index in [0.717, 1.165) is 0 Å². The normalized spacial score (nSPS) is 12.5. The Labute approximate surface area is 298 Å². The minimum atomic E-state index is -4.66. The fourth-order valence-electron chi connectivity index (χ4n) is 4.34. The molecule has 2 atom stereocenters. The Balaban J connectivity index is -0.00000203. The number of hydrogen-bond donors (Lipinski definition) is 10. The quantitative estimate of drug-likeness (QED) is 0.0538. The number of phenols is 2. The first kappa shape index (κ1) is 49.0. The molecule has 0 aromatic heterocycles. The molecule has 14 nitrogen and oxygen atoms in total. The van der Waals surface area contributed by atoms with Crippen LogP contribution in [0.5, 0.6) is 11.5 Å². The summed E-state index contributed by atoms with van der Waals surface area (Å²) in [7, 11) is -9.29. The molecule has 0 aliphatic heterocycles. The zero-order valence-corrected chi connectivity index (χ0v) is 31.0. The third kappa shape index (κ3) is 22.0. The average Bonchev–Trinajstić information content (AvgIpc) is 2.90. The molecule has 2 unspecified atom stereocenters. The Morgan fingerprint density at radius 3 is 1.38 bits per heavy atom. The molecule has 11 N–H and O–H groups in total. The Hall–Kier alpha value is -0.381. The molecule has 0 heterocycles. The van der Waals surface area contributed by atoms with Gasteiger partial charge in [0.1, 0.15) is 24.1 Å². The summed E-state index contributed by atoms with van der Waals surface area (Å²) in [4.78, 5) is 42.1.